The lowest BCUT2D eigenvalue weighted by Gasteiger charge is -2.04. The molecule has 1 atom stereocenters. The molecule has 1 aromatic heterocycles. The van der Waals surface area contributed by atoms with Crippen LogP contribution in [-0.2, 0) is 16.6 Å². The Morgan fingerprint density at radius 1 is 1.53 bits per heavy atom. The Morgan fingerprint density at radius 3 is 2.84 bits per heavy atom. The Hall–Kier alpha value is -1.05. The molecule has 7 heteroatoms. The van der Waals surface area contributed by atoms with Crippen LogP contribution < -0.4 is 0 Å². The molecule has 0 saturated heterocycles. The lowest BCUT2D eigenvalue weighted by atomic mass is 10.2. The summed E-state index contributed by atoms with van der Waals surface area (Å²) in [7, 11) is -1.29. The van der Waals surface area contributed by atoms with E-state index in [2.05, 4.69) is 20.9 Å². The van der Waals surface area contributed by atoms with Gasteiger partial charge in [-0.25, -0.2) is 9.78 Å². The van der Waals surface area contributed by atoms with E-state index in [4.69, 9.17) is 5.11 Å². The summed E-state index contributed by atoms with van der Waals surface area (Å²) < 4.78 is 12.7. The van der Waals surface area contributed by atoms with Crippen molar-refractivity contribution in [3.63, 3.8) is 0 Å². The number of carboxylic acid groups (broad SMARTS) is 1. The topological polar surface area (TPSA) is 67.3 Å². The standard InChI is InChI=1S/C12H10BrNO3S2/c1-7-5-18-11(14-7)6-19(17)8-2-3-10(13)9(4-8)12(15)16/h2-5H,6H2,1H3,(H,15,16). The molecular weight excluding hydrogens is 350 g/mol. The van der Waals surface area contributed by atoms with Crippen molar-refractivity contribution in [3.05, 3.63) is 44.3 Å². The van der Waals surface area contributed by atoms with Crippen LogP contribution in [0.4, 0.5) is 0 Å². The lowest BCUT2D eigenvalue weighted by molar-refractivity contribution is 0.0695. The highest BCUT2D eigenvalue weighted by molar-refractivity contribution is 9.10. The van der Waals surface area contributed by atoms with Crippen molar-refractivity contribution in [3.8, 4) is 0 Å². The number of aromatic carboxylic acids is 1. The summed E-state index contributed by atoms with van der Waals surface area (Å²) in [6.07, 6.45) is 0. The van der Waals surface area contributed by atoms with Crippen molar-refractivity contribution in [2.75, 3.05) is 0 Å². The number of rotatable bonds is 4. The highest BCUT2D eigenvalue weighted by atomic mass is 79.9. The van der Waals surface area contributed by atoms with E-state index in [0.29, 0.717) is 15.1 Å². The maximum absolute atomic E-state index is 12.2. The number of hydrogen-bond acceptors (Lipinski definition) is 4. The summed E-state index contributed by atoms with van der Waals surface area (Å²) in [5.41, 5.74) is 1.01. The molecule has 1 unspecified atom stereocenters. The maximum atomic E-state index is 12.2. The first-order valence-corrected chi connectivity index (χ1v) is 8.29. The molecule has 2 rings (SSSR count). The van der Waals surface area contributed by atoms with Gasteiger partial charge in [-0.2, -0.15) is 0 Å². The van der Waals surface area contributed by atoms with Crippen molar-refractivity contribution in [1.82, 2.24) is 4.98 Å². The second-order valence-corrected chi connectivity index (χ2v) is 7.07. The van der Waals surface area contributed by atoms with Gasteiger partial charge in [-0.05, 0) is 41.1 Å². The summed E-state index contributed by atoms with van der Waals surface area (Å²) in [5, 5.41) is 11.7. The van der Waals surface area contributed by atoms with Crippen molar-refractivity contribution in [2.24, 2.45) is 0 Å². The lowest BCUT2D eigenvalue weighted by Crippen LogP contribution is -2.02. The molecule has 0 aliphatic carbocycles. The third-order valence-electron chi connectivity index (χ3n) is 2.35. The fraction of sp³-hybridized carbons (Fsp3) is 0.167. The van der Waals surface area contributed by atoms with Crippen molar-refractivity contribution >= 4 is 44.0 Å². The van der Waals surface area contributed by atoms with Crippen LogP contribution in [0.5, 0.6) is 0 Å². The van der Waals surface area contributed by atoms with E-state index in [1.807, 2.05) is 12.3 Å². The first kappa shape index (κ1) is 14.4. The van der Waals surface area contributed by atoms with E-state index in [1.165, 1.54) is 17.4 Å². The Labute approximate surface area is 125 Å². The average molecular weight is 360 g/mol. The smallest absolute Gasteiger partial charge is 0.336 e. The Morgan fingerprint density at radius 2 is 2.26 bits per heavy atom. The van der Waals surface area contributed by atoms with Crippen LogP contribution in [0.2, 0.25) is 0 Å². The Kier molecular flexibility index (Phi) is 4.49. The molecule has 2 aromatic rings. The van der Waals surface area contributed by atoms with Crippen LogP contribution in [0.1, 0.15) is 21.1 Å². The van der Waals surface area contributed by atoms with Crippen LogP contribution in [0.15, 0.2) is 32.9 Å². The predicted octanol–water partition coefficient (Wildman–Crippen LogP) is 3.22. The fourth-order valence-corrected chi connectivity index (χ4v) is 3.96. The van der Waals surface area contributed by atoms with Gasteiger partial charge < -0.3 is 5.11 Å². The van der Waals surface area contributed by atoms with E-state index in [1.54, 1.807) is 12.1 Å². The number of aryl methyl sites for hydroxylation is 1. The third-order valence-corrected chi connectivity index (χ3v) is 5.51. The van der Waals surface area contributed by atoms with Crippen molar-refractivity contribution in [1.29, 1.82) is 0 Å². The van der Waals surface area contributed by atoms with Gasteiger partial charge in [-0.3, -0.25) is 4.21 Å². The SMILES string of the molecule is Cc1csc(CS(=O)c2ccc(Br)c(C(=O)O)c2)n1. The maximum Gasteiger partial charge on any atom is 0.336 e. The summed E-state index contributed by atoms with van der Waals surface area (Å²) in [6.45, 7) is 1.88. The van der Waals surface area contributed by atoms with E-state index in [-0.39, 0.29) is 5.56 Å². The molecule has 1 aromatic carbocycles. The summed E-state index contributed by atoms with van der Waals surface area (Å²) in [5.74, 6) is -0.741. The normalized spacial score (nSPS) is 12.3. The second-order valence-electron chi connectivity index (χ2n) is 3.82. The molecule has 4 nitrogen and oxygen atoms in total. The summed E-state index contributed by atoms with van der Waals surface area (Å²) in [6, 6.07) is 4.69. The highest BCUT2D eigenvalue weighted by Crippen LogP contribution is 2.22. The third kappa shape index (κ3) is 3.49. The van der Waals surface area contributed by atoms with Gasteiger partial charge in [0.05, 0.1) is 22.1 Å². The second kappa shape index (κ2) is 5.94. The molecule has 1 heterocycles. The van der Waals surface area contributed by atoms with Gasteiger partial charge in [0.1, 0.15) is 5.01 Å². The first-order chi connectivity index (χ1) is 8.97. The van der Waals surface area contributed by atoms with Gasteiger partial charge in [0.25, 0.3) is 0 Å². The monoisotopic (exact) mass is 359 g/mol. The molecule has 0 aliphatic heterocycles. The molecule has 0 amide bonds. The van der Waals surface area contributed by atoms with Crippen LogP contribution >= 0.6 is 27.3 Å². The van der Waals surface area contributed by atoms with Crippen LogP contribution in [0.25, 0.3) is 0 Å². The molecule has 0 radical (unpaired) electrons. The number of hydrogen-bond donors (Lipinski definition) is 1. The van der Waals surface area contributed by atoms with E-state index in [0.717, 1.165) is 10.7 Å². The number of carboxylic acids is 1. The highest BCUT2D eigenvalue weighted by Gasteiger charge is 2.13. The molecule has 0 bridgehead atoms. The van der Waals surface area contributed by atoms with Crippen molar-refractivity contribution in [2.45, 2.75) is 17.6 Å². The zero-order chi connectivity index (χ0) is 14.0. The molecule has 19 heavy (non-hydrogen) atoms. The number of carbonyl (C=O) groups is 1. The average Bonchev–Trinajstić information content (AvgIpc) is 2.74. The molecule has 0 spiro atoms. The minimum atomic E-state index is -1.29. The fourth-order valence-electron chi connectivity index (χ4n) is 1.47. The molecule has 0 saturated carbocycles. The Bertz CT molecular complexity index is 654. The quantitative estimate of drug-likeness (QED) is 0.909. The number of halogens is 1. The summed E-state index contributed by atoms with van der Waals surface area (Å²) >= 11 is 4.62. The molecule has 0 fully saturated rings. The minimum Gasteiger partial charge on any atom is -0.478 e. The van der Waals surface area contributed by atoms with Gasteiger partial charge in [0, 0.05) is 20.4 Å². The van der Waals surface area contributed by atoms with E-state index >= 15 is 0 Å². The van der Waals surface area contributed by atoms with Gasteiger partial charge in [-0.15, -0.1) is 11.3 Å². The largest absolute Gasteiger partial charge is 0.478 e. The number of benzene rings is 1. The molecule has 100 valence electrons. The van der Waals surface area contributed by atoms with E-state index in [9.17, 15) is 9.00 Å². The van der Waals surface area contributed by atoms with Crippen LogP contribution in [0, 0.1) is 6.92 Å². The Balaban J connectivity index is 2.24. The van der Waals surface area contributed by atoms with Gasteiger partial charge in [0.15, 0.2) is 0 Å². The zero-order valence-electron chi connectivity index (χ0n) is 9.92. The number of thiazole rings is 1. The predicted molar refractivity (Wildman–Crippen MR) is 78.1 cm³/mol. The summed E-state index contributed by atoms with van der Waals surface area (Å²) in [4.78, 5) is 15.8. The zero-order valence-corrected chi connectivity index (χ0v) is 13.1. The minimum absolute atomic E-state index is 0.112. The van der Waals surface area contributed by atoms with E-state index < -0.39 is 16.8 Å². The van der Waals surface area contributed by atoms with Gasteiger partial charge in [0.2, 0.25) is 0 Å². The molecule has 1 N–H and O–H groups in total. The number of aromatic nitrogens is 1. The first-order valence-electron chi connectivity index (χ1n) is 5.29. The molecule has 0 aliphatic rings. The number of nitrogens with zero attached hydrogens (tertiary/aromatic N) is 1. The van der Waals surface area contributed by atoms with Crippen LogP contribution in [-0.4, -0.2) is 20.3 Å². The van der Waals surface area contributed by atoms with Gasteiger partial charge >= 0.3 is 5.97 Å². The molecular formula is C12H10BrNO3S2. The van der Waals surface area contributed by atoms with Gasteiger partial charge in [-0.1, -0.05) is 0 Å². The van der Waals surface area contributed by atoms with Crippen molar-refractivity contribution < 1.29 is 14.1 Å². The van der Waals surface area contributed by atoms with Crippen LogP contribution in [0.3, 0.4) is 0 Å².